The van der Waals surface area contributed by atoms with E-state index in [2.05, 4.69) is 10.3 Å². The topological polar surface area (TPSA) is 45.2 Å². The van der Waals surface area contributed by atoms with Crippen molar-refractivity contribution in [2.75, 3.05) is 20.1 Å². The van der Waals surface area contributed by atoms with Gasteiger partial charge in [0, 0.05) is 19.1 Å². The highest BCUT2D eigenvalue weighted by molar-refractivity contribution is 5.92. The number of rotatable bonds is 2. The molecule has 0 radical (unpaired) electrons. The monoisotopic (exact) mass is 237 g/mol. The molecule has 0 bridgehead atoms. The number of carbonyl (C=O) groups excluding carboxylic acids is 1. The smallest absolute Gasteiger partial charge is 0.272 e. The number of nitrogens with one attached hydrogen (secondary N) is 1. The van der Waals surface area contributed by atoms with Crippen LogP contribution in [0.5, 0.6) is 0 Å². The zero-order chi connectivity index (χ0) is 12.3. The number of carbonyl (C=O) groups is 1. The summed E-state index contributed by atoms with van der Waals surface area (Å²) in [7, 11) is 1.93. The van der Waals surface area contributed by atoms with Gasteiger partial charge in [-0.25, -0.2) is 9.37 Å². The lowest BCUT2D eigenvalue weighted by atomic mass is 10.1. The molecule has 1 aromatic rings. The van der Waals surface area contributed by atoms with Crippen LogP contribution in [0.3, 0.4) is 0 Å². The number of pyridine rings is 1. The molecule has 1 fully saturated rings. The maximum Gasteiger partial charge on any atom is 0.272 e. The van der Waals surface area contributed by atoms with Gasteiger partial charge in [-0.15, -0.1) is 0 Å². The average Bonchev–Trinajstić information content (AvgIpc) is 2.39. The van der Waals surface area contributed by atoms with Crippen LogP contribution in [0.4, 0.5) is 4.39 Å². The molecule has 2 heterocycles. The summed E-state index contributed by atoms with van der Waals surface area (Å²) >= 11 is 0. The molecular weight excluding hydrogens is 221 g/mol. The Morgan fingerprint density at radius 1 is 1.47 bits per heavy atom. The van der Waals surface area contributed by atoms with E-state index in [1.54, 1.807) is 4.90 Å². The summed E-state index contributed by atoms with van der Waals surface area (Å²) in [6, 6.07) is 3.18. The highest BCUT2D eigenvalue weighted by atomic mass is 19.1. The largest absolute Gasteiger partial charge is 0.337 e. The van der Waals surface area contributed by atoms with Gasteiger partial charge in [-0.05, 0) is 32.0 Å². The average molecular weight is 237 g/mol. The Labute approximate surface area is 99.8 Å². The molecular formula is C12H16FN3O. The van der Waals surface area contributed by atoms with Gasteiger partial charge in [-0.2, -0.15) is 0 Å². The Kier molecular flexibility index (Phi) is 3.68. The predicted molar refractivity (Wildman–Crippen MR) is 62.2 cm³/mol. The molecule has 5 heteroatoms. The second-order valence-corrected chi connectivity index (χ2v) is 4.22. The van der Waals surface area contributed by atoms with Gasteiger partial charge in [0.15, 0.2) is 0 Å². The lowest BCUT2D eigenvalue weighted by Gasteiger charge is -2.31. The molecule has 0 aromatic carbocycles. The summed E-state index contributed by atoms with van der Waals surface area (Å²) in [6.07, 6.45) is 2.97. The first-order valence-corrected chi connectivity index (χ1v) is 5.79. The van der Waals surface area contributed by atoms with Crippen LogP contribution < -0.4 is 5.32 Å². The number of amides is 1. The van der Waals surface area contributed by atoms with E-state index in [4.69, 9.17) is 0 Å². The number of nitrogens with zero attached hydrogens (tertiary/aromatic N) is 2. The maximum absolute atomic E-state index is 12.7. The second kappa shape index (κ2) is 5.23. The molecule has 1 aliphatic heterocycles. The van der Waals surface area contributed by atoms with E-state index in [1.807, 2.05) is 7.05 Å². The first-order valence-electron chi connectivity index (χ1n) is 5.79. The van der Waals surface area contributed by atoms with Gasteiger partial charge in [-0.1, -0.05) is 0 Å². The minimum absolute atomic E-state index is 0.112. The van der Waals surface area contributed by atoms with Crippen molar-refractivity contribution in [2.24, 2.45) is 0 Å². The Morgan fingerprint density at radius 3 is 2.71 bits per heavy atom. The fourth-order valence-corrected chi connectivity index (χ4v) is 2.04. The van der Waals surface area contributed by atoms with Crippen LogP contribution in [0.25, 0.3) is 0 Å². The third kappa shape index (κ3) is 2.79. The molecule has 1 aliphatic rings. The zero-order valence-electron chi connectivity index (χ0n) is 9.82. The first-order chi connectivity index (χ1) is 8.20. The van der Waals surface area contributed by atoms with E-state index >= 15 is 0 Å². The highest BCUT2D eigenvalue weighted by Crippen LogP contribution is 2.12. The number of piperidine rings is 1. The molecule has 0 aliphatic carbocycles. The number of halogens is 1. The lowest BCUT2D eigenvalue weighted by molar-refractivity contribution is 0.0701. The van der Waals surface area contributed by atoms with Crippen molar-refractivity contribution >= 4 is 5.91 Å². The zero-order valence-corrected chi connectivity index (χ0v) is 9.82. The first kappa shape index (κ1) is 12.0. The third-order valence-corrected chi connectivity index (χ3v) is 3.14. The Morgan fingerprint density at radius 2 is 2.18 bits per heavy atom. The van der Waals surface area contributed by atoms with Crippen LogP contribution in [0.2, 0.25) is 0 Å². The second-order valence-electron chi connectivity index (χ2n) is 4.22. The molecule has 0 unspecified atom stereocenters. The van der Waals surface area contributed by atoms with Crippen LogP contribution in [-0.4, -0.2) is 42.0 Å². The summed E-state index contributed by atoms with van der Waals surface area (Å²) in [5.41, 5.74) is 0.314. The maximum atomic E-state index is 12.7. The molecule has 0 spiro atoms. The number of aromatic nitrogens is 1. The van der Waals surface area contributed by atoms with Gasteiger partial charge in [0.1, 0.15) is 11.5 Å². The normalized spacial score (nSPS) is 17.2. The van der Waals surface area contributed by atoms with E-state index in [1.165, 1.54) is 12.1 Å². The highest BCUT2D eigenvalue weighted by Gasteiger charge is 2.23. The number of hydrogen-bond donors (Lipinski definition) is 1. The third-order valence-electron chi connectivity index (χ3n) is 3.14. The van der Waals surface area contributed by atoms with Crippen molar-refractivity contribution < 1.29 is 9.18 Å². The quantitative estimate of drug-likeness (QED) is 0.836. The van der Waals surface area contributed by atoms with Gasteiger partial charge in [-0.3, -0.25) is 4.79 Å². The summed E-state index contributed by atoms with van der Waals surface area (Å²) in [6.45, 7) is 1.45. The van der Waals surface area contributed by atoms with Crippen molar-refractivity contribution in [3.05, 3.63) is 29.8 Å². The molecule has 2 rings (SSSR count). The fraction of sp³-hybridized carbons (Fsp3) is 0.500. The van der Waals surface area contributed by atoms with E-state index in [0.29, 0.717) is 11.7 Å². The molecule has 1 N–H and O–H groups in total. The van der Waals surface area contributed by atoms with Gasteiger partial charge < -0.3 is 10.2 Å². The minimum atomic E-state index is -0.421. The molecule has 17 heavy (non-hydrogen) atoms. The van der Waals surface area contributed by atoms with E-state index in [9.17, 15) is 9.18 Å². The van der Waals surface area contributed by atoms with Gasteiger partial charge in [0.2, 0.25) is 0 Å². The SMILES string of the molecule is CNC1CCN(C(=O)c2ccc(F)cn2)CC1. The summed E-state index contributed by atoms with van der Waals surface area (Å²) in [5, 5.41) is 3.21. The van der Waals surface area contributed by atoms with Crippen LogP contribution >= 0.6 is 0 Å². The van der Waals surface area contributed by atoms with Crippen molar-refractivity contribution in [3.8, 4) is 0 Å². The molecule has 1 amide bonds. The number of likely N-dealkylation sites (tertiary alicyclic amines) is 1. The van der Waals surface area contributed by atoms with Crippen LogP contribution in [0.1, 0.15) is 23.3 Å². The number of hydrogen-bond acceptors (Lipinski definition) is 3. The predicted octanol–water partition coefficient (Wildman–Crippen LogP) is 1.04. The Hall–Kier alpha value is -1.49. The molecule has 1 aromatic heterocycles. The lowest BCUT2D eigenvalue weighted by Crippen LogP contribution is -2.44. The van der Waals surface area contributed by atoms with Gasteiger partial charge in [0.25, 0.3) is 5.91 Å². The van der Waals surface area contributed by atoms with Gasteiger partial charge in [0.05, 0.1) is 6.20 Å². The van der Waals surface area contributed by atoms with Crippen LogP contribution in [0, 0.1) is 5.82 Å². The fourth-order valence-electron chi connectivity index (χ4n) is 2.04. The summed E-state index contributed by atoms with van der Waals surface area (Å²) < 4.78 is 12.7. The van der Waals surface area contributed by atoms with Crippen molar-refractivity contribution in [3.63, 3.8) is 0 Å². The van der Waals surface area contributed by atoms with E-state index in [-0.39, 0.29) is 5.91 Å². The summed E-state index contributed by atoms with van der Waals surface area (Å²) in [5.74, 6) is -0.532. The molecule has 92 valence electrons. The van der Waals surface area contributed by atoms with E-state index in [0.717, 1.165) is 32.1 Å². The van der Waals surface area contributed by atoms with Gasteiger partial charge >= 0.3 is 0 Å². The summed E-state index contributed by atoms with van der Waals surface area (Å²) in [4.78, 5) is 17.6. The van der Waals surface area contributed by atoms with Crippen LogP contribution in [0.15, 0.2) is 18.3 Å². The van der Waals surface area contributed by atoms with E-state index < -0.39 is 5.82 Å². The Balaban J connectivity index is 1.99. The van der Waals surface area contributed by atoms with Crippen molar-refractivity contribution in [1.82, 2.24) is 15.2 Å². The molecule has 0 saturated carbocycles. The molecule has 1 saturated heterocycles. The Bertz CT molecular complexity index is 385. The van der Waals surface area contributed by atoms with Crippen LogP contribution in [-0.2, 0) is 0 Å². The van der Waals surface area contributed by atoms with Crippen molar-refractivity contribution in [1.29, 1.82) is 0 Å². The van der Waals surface area contributed by atoms with Crippen molar-refractivity contribution in [2.45, 2.75) is 18.9 Å². The standard InChI is InChI=1S/C12H16FN3O/c1-14-10-4-6-16(7-5-10)12(17)11-3-2-9(13)8-15-11/h2-3,8,10,14H,4-7H2,1H3. The minimum Gasteiger partial charge on any atom is -0.337 e. The molecule has 4 nitrogen and oxygen atoms in total. The molecule has 0 atom stereocenters.